The Balaban J connectivity index is 2.46. The van der Waals surface area contributed by atoms with E-state index in [4.69, 9.17) is 5.11 Å². The lowest BCUT2D eigenvalue weighted by Crippen LogP contribution is -2.25. The van der Waals surface area contributed by atoms with Crippen LogP contribution >= 0.6 is 11.8 Å². The van der Waals surface area contributed by atoms with Crippen molar-refractivity contribution in [3.05, 3.63) is 17.5 Å². The van der Waals surface area contributed by atoms with Gasteiger partial charge >= 0.3 is 5.97 Å². The van der Waals surface area contributed by atoms with Crippen LogP contribution in [0.15, 0.2) is 6.20 Å². The molecule has 7 heteroatoms. The molecule has 0 saturated heterocycles. The number of hydrogen-bond acceptors (Lipinski definition) is 4. The minimum atomic E-state index is -0.992. The third-order valence-corrected chi connectivity index (χ3v) is 3.28. The first-order valence-electron chi connectivity index (χ1n) is 5.64. The highest BCUT2D eigenvalue weighted by molar-refractivity contribution is 7.99. The number of aromatic carboxylic acids is 1. The fourth-order valence-electron chi connectivity index (χ4n) is 1.37. The molecule has 0 saturated carbocycles. The summed E-state index contributed by atoms with van der Waals surface area (Å²) in [6.07, 6.45) is 2.23. The average molecular weight is 271 g/mol. The molecule has 0 fully saturated rings. The molecular weight excluding hydrogens is 254 g/mol. The van der Waals surface area contributed by atoms with Crippen LogP contribution in [-0.2, 0) is 17.6 Å². The van der Waals surface area contributed by atoms with Crippen LogP contribution in [0.2, 0.25) is 0 Å². The molecule has 1 aromatic rings. The Morgan fingerprint density at radius 1 is 1.56 bits per heavy atom. The molecule has 0 unspecified atom stereocenters. The van der Waals surface area contributed by atoms with Crippen molar-refractivity contribution in [2.24, 2.45) is 7.05 Å². The van der Waals surface area contributed by atoms with Crippen molar-refractivity contribution < 1.29 is 14.7 Å². The molecule has 0 bridgehead atoms. The zero-order valence-electron chi connectivity index (χ0n) is 10.5. The molecule has 0 radical (unpaired) electrons. The number of rotatable bonds is 7. The second-order valence-electron chi connectivity index (χ2n) is 3.78. The van der Waals surface area contributed by atoms with Gasteiger partial charge in [-0.05, 0) is 6.42 Å². The number of aryl methyl sites for hydroxylation is 1. The first-order valence-corrected chi connectivity index (χ1v) is 6.80. The highest BCUT2D eigenvalue weighted by atomic mass is 32.2. The summed E-state index contributed by atoms with van der Waals surface area (Å²) < 4.78 is 1.53. The molecule has 1 amide bonds. The number of hydrogen-bond donors (Lipinski definition) is 2. The van der Waals surface area contributed by atoms with Gasteiger partial charge < -0.3 is 10.4 Å². The van der Waals surface area contributed by atoms with Crippen LogP contribution in [0.3, 0.4) is 0 Å². The van der Waals surface area contributed by atoms with Gasteiger partial charge in [0.15, 0.2) is 0 Å². The minimum absolute atomic E-state index is 0.0270. The molecular formula is C11H17N3O3S. The van der Waals surface area contributed by atoms with Crippen LogP contribution in [0.1, 0.15) is 29.4 Å². The number of nitrogens with zero attached hydrogens (tertiary/aromatic N) is 2. The van der Waals surface area contributed by atoms with Crippen molar-refractivity contribution >= 4 is 23.6 Å². The van der Waals surface area contributed by atoms with Gasteiger partial charge in [-0.2, -0.15) is 5.10 Å². The second kappa shape index (κ2) is 7.05. The number of carboxylic acids is 1. The summed E-state index contributed by atoms with van der Waals surface area (Å²) in [5.74, 6) is -0.239. The Kier molecular flexibility index (Phi) is 5.70. The van der Waals surface area contributed by atoms with E-state index in [-0.39, 0.29) is 11.5 Å². The topological polar surface area (TPSA) is 84.2 Å². The zero-order valence-corrected chi connectivity index (χ0v) is 11.3. The summed E-state index contributed by atoms with van der Waals surface area (Å²) >= 11 is 1.38. The van der Waals surface area contributed by atoms with Crippen molar-refractivity contribution in [3.8, 4) is 0 Å². The standard InChI is InChI=1S/C11H17N3O3S/c1-3-4-12-10(15)7-18-6-9-8(11(16)17)5-13-14(9)2/h5H,3-4,6-7H2,1-2H3,(H,12,15)(H,16,17). The summed E-state index contributed by atoms with van der Waals surface area (Å²) in [6, 6.07) is 0. The Bertz CT molecular complexity index is 431. The lowest BCUT2D eigenvalue weighted by atomic mass is 10.3. The monoisotopic (exact) mass is 271 g/mol. The maximum Gasteiger partial charge on any atom is 0.339 e. The number of carbonyl (C=O) groups is 2. The molecule has 0 aromatic carbocycles. The smallest absolute Gasteiger partial charge is 0.339 e. The molecule has 0 atom stereocenters. The minimum Gasteiger partial charge on any atom is -0.478 e. The number of thioether (sulfide) groups is 1. The van der Waals surface area contributed by atoms with E-state index < -0.39 is 5.97 Å². The number of carboxylic acid groups (broad SMARTS) is 1. The molecule has 18 heavy (non-hydrogen) atoms. The van der Waals surface area contributed by atoms with Crippen molar-refractivity contribution in [2.45, 2.75) is 19.1 Å². The van der Waals surface area contributed by atoms with E-state index in [9.17, 15) is 9.59 Å². The molecule has 100 valence electrons. The molecule has 0 aliphatic heterocycles. The van der Waals surface area contributed by atoms with Crippen LogP contribution in [-0.4, -0.2) is 39.1 Å². The van der Waals surface area contributed by atoms with Crippen LogP contribution in [0.4, 0.5) is 0 Å². The lowest BCUT2D eigenvalue weighted by molar-refractivity contribution is -0.118. The van der Waals surface area contributed by atoms with E-state index in [1.54, 1.807) is 7.05 Å². The van der Waals surface area contributed by atoms with Gasteiger partial charge in [-0.15, -0.1) is 11.8 Å². The van der Waals surface area contributed by atoms with Gasteiger partial charge in [-0.3, -0.25) is 9.48 Å². The summed E-state index contributed by atoms with van der Waals surface area (Å²) in [7, 11) is 1.69. The molecule has 0 aliphatic carbocycles. The summed E-state index contributed by atoms with van der Waals surface area (Å²) in [6.45, 7) is 2.66. The summed E-state index contributed by atoms with van der Waals surface area (Å²) in [5, 5.41) is 15.6. The fraction of sp³-hybridized carbons (Fsp3) is 0.545. The highest BCUT2D eigenvalue weighted by Gasteiger charge is 2.15. The van der Waals surface area contributed by atoms with E-state index in [2.05, 4.69) is 10.4 Å². The van der Waals surface area contributed by atoms with Gasteiger partial charge in [0.25, 0.3) is 0 Å². The number of aromatic nitrogens is 2. The third kappa shape index (κ3) is 4.06. The molecule has 6 nitrogen and oxygen atoms in total. The molecule has 0 spiro atoms. The van der Waals surface area contributed by atoms with Gasteiger partial charge in [0.2, 0.25) is 5.91 Å². The van der Waals surface area contributed by atoms with Gasteiger partial charge in [-0.1, -0.05) is 6.92 Å². The quantitative estimate of drug-likeness (QED) is 0.769. The van der Waals surface area contributed by atoms with Gasteiger partial charge in [-0.25, -0.2) is 4.79 Å². The van der Waals surface area contributed by atoms with E-state index >= 15 is 0 Å². The first kappa shape index (κ1) is 14.6. The van der Waals surface area contributed by atoms with Crippen LogP contribution < -0.4 is 5.32 Å². The van der Waals surface area contributed by atoms with E-state index in [0.29, 0.717) is 23.7 Å². The summed E-state index contributed by atoms with van der Waals surface area (Å²) in [5.41, 5.74) is 0.815. The van der Waals surface area contributed by atoms with Crippen molar-refractivity contribution in [2.75, 3.05) is 12.3 Å². The molecule has 1 aromatic heterocycles. The van der Waals surface area contributed by atoms with Crippen LogP contribution in [0, 0.1) is 0 Å². The number of amides is 1. The summed E-state index contributed by atoms with van der Waals surface area (Å²) in [4.78, 5) is 22.3. The molecule has 0 aliphatic rings. The van der Waals surface area contributed by atoms with Gasteiger partial charge in [0.1, 0.15) is 5.56 Å². The fourth-order valence-corrected chi connectivity index (χ4v) is 2.29. The maximum absolute atomic E-state index is 11.4. The SMILES string of the molecule is CCCNC(=O)CSCc1c(C(=O)O)cnn1C. The predicted octanol–water partition coefficient (Wildman–Crippen LogP) is 0.878. The maximum atomic E-state index is 11.4. The number of carbonyl (C=O) groups excluding carboxylic acids is 1. The van der Waals surface area contributed by atoms with E-state index in [1.165, 1.54) is 22.6 Å². The first-order chi connectivity index (χ1) is 8.56. The number of nitrogens with one attached hydrogen (secondary N) is 1. The van der Waals surface area contributed by atoms with Crippen LogP contribution in [0.25, 0.3) is 0 Å². The molecule has 1 rings (SSSR count). The Labute approximate surface area is 110 Å². The van der Waals surface area contributed by atoms with Crippen molar-refractivity contribution in [1.82, 2.24) is 15.1 Å². The van der Waals surface area contributed by atoms with Gasteiger partial charge in [0, 0.05) is 19.3 Å². The second-order valence-corrected chi connectivity index (χ2v) is 4.76. The largest absolute Gasteiger partial charge is 0.478 e. The average Bonchev–Trinajstić information content (AvgIpc) is 2.68. The Morgan fingerprint density at radius 3 is 2.89 bits per heavy atom. The lowest BCUT2D eigenvalue weighted by Gasteiger charge is -2.05. The Hall–Kier alpha value is -1.50. The molecule has 2 N–H and O–H groups in total. The predicted molar refractivity (Wildman–Crippen MR) is 69.6 cm³/mol. The van der Waals surface area contributed by atoms with E-state index in [0.717, 1.165) is 6.42 Å². The highest BCUT2D eigenvalue weighted by Crippen LogP contribution is 2.15. The normalized spacial score (nSPS) is 10.3. The zero-order chi connectivity index (χ0) is 13.5. The molecule has 1 heterocycles. The Morgan fingerprint density at radius 2 is 2.28 bits per heavy atom. The van der Waals surface area contributed by atoms with Crippen molar-refractivity contribution in [3.63, 3.8) is 0 Å². The van der Waals surface area contributed by atoms with Crippen LogP contribution in [0.5, 0.6) is 0 Å². The van der Waals surface area contributed by atoms with E-state index in [1.807, 2.05) is 6.92 Å². The van der Waals surface area contributed by atoms with Gasteiger partial charge in [0.05, 0.1) is 17.6 Å². The third-order valence-electron chi connectivity index (χ3n) is 2.34. The van der Waals surface area contributed by atoms with Crippen molar-refractivity contribution in [1.29, 1.82) is 0 Å².